The number of nitrogens with zero attached hydrogens (tertiary/aromatic N) is 6. The molecule has 0 unspecified atom stereocenters. The van der Waals surface area contributed by atoms with Gasteiger partial charge in [-0.1, -0.05) is 18.2 Å². The maximum Gasteiger partial charge on any atom is 0.333 e. The monoisotopic (exact) mass is 491 g/mol. The van der Waals surface area contributed by atoms with Gasteiger partial charge in [0.15, 0.2) is 0 Å². The van der Waals surface area contributed by atoms with E-state index in [1.807, 2.05) is 24.3 Å². The lowest BCUT2D eigenvalue weighted by atomic mass is 9.95. The number of carbonyl (C=O) groups excluding carboxylic acids is 1. The lowest BCUT2D eigenvalue weighted by molar-refractivity contribution is 0.0566. The first-order valence-electron chi connectivity index (χ1n) is 11.6. The van der Waals surface area contributed by atoms with Crippen LogP contribution in [0, 0.1) is 0 Å². The van der Waals surface area contributed by atoms with E-state index >= 15 is 0 Å². The predicted octanol–water partition coefficient (Wildman–Crippen LogP) is 4.46. The number of para-hydroxylation sites is 1. The van der Waals surface area contributed by atoms with Crippen molar-refractivity contribution in [1.29, 1.82) is 0 Å². The molecule has 1 amide bonds. The Labute approximate surface area is 201 Å². The second-order valence-electron chi connectivity index (χ2n) is 8.94. The maximum atomic E-state index is 13.7. The highest BCUT2D eigenvalue weighted by atomic mass is 19.3. The Morgan fingerprint density at radius 1 is 1.14 bits per heavy atom. The van der Waals surface area contributed by atoms with Crippen molar-refractivity contribution in [1.82, 2.24) is 34.8 Å². The fraction of sp³-hybridized carbons (Fsp3) is 0.292. The van der Waals surface area contributed by atoms with E-state index in [2.05, 4.69) is 25.3 Å². The van der Waals surface area contributed by atoms with Gasteiger partial charge in [0.05, 0.1) is 12.0 Å². The zero-order valence-corrected chi connectivity index (χ0v) is 18.8. The van der Waals surface area contributed by atoms with Gasteiger partial charge in [-0.05, 0) is 30.9 Å². The van der Waals surface area contributed by atoms with Gasteiger partial charge in [-0.3, -0.25) is 4.79 Å². The molecule has 36 heavy (non-hydrogen) atoms. The lowest BCUT2D eigenvalue weighted by Crippen LogP contribution is -2.41. The van der Waals surface area contributed by atoms with Crippen molar-refractivity contribution in [2.75, 3.05) is 6.54 Å². The first-order valence-corrected chi connectivity index (χ1v) is 11.6. The molecule has 7 rings (SSSR count). The van der Waals surface area contributed by atoms with Crippen molar-refractivity contribution in [3.8, 4) is 11.6 Å². The third-order valence-electron chi connectivity index (χ3n) is 6.72. The second kappa shape index (κ2) is 7.83. The van der Waals surface area contributed by atoms with E-state index in [1.165, 1.54) is 6.07 Å². The molecule has 0 radical (unpaired) electrons. The molecular formula is C24H19F2N7O3. The molecule has 1 N–H and O–H groups in total. The standard InChI is InChI=1S/C24H19F2N7O3/c25-24(26)33-10-8-15(31-33)21-29-30-22(36-21)23(34)32-9-7-14-18(28-11-27-14)19(32)20-17(12-5-6-12)13-3-1-2-4-16(13)35-20/h1-4,8,10-12,19,24H,5-7,9H2,(H,27,28)/t19-/m1/s1. The topological polar surface area (TPSA) is 119 Å². The Bertz CT molecular complexity index is 1600. The van der Waals surface area contributed by atoms with Crippen LogP contribution in [-0.2, 0) is 6.42 Å². The van der Waals surface area contributed by atoms with Gasteiger partial charge < -0.3 is 18.7 Å². The van der Waals surface area contributed by atoms with Crippen LogP contribution in [0.1, 0.15) is 64.7 Å². The number of aromatic amines is 1. The number of aromatic nitrogens is 6. The Kier molecular flexibility index (Phi) is 4.56. The molecule has 5 heterocycles. The summed E-state index contributed by atoms with van der Waals surface area (Å²) in [5, 5.41) is 12.5. The summed E-state index contributed by atoms with van der Waals surface area (Å²) in [6.45, 7) is -2.43. The van der Waals surface area contributed by atoms with Crippen LogP contribution in [0.4, 0.5) is 8.78 Å². The molecule has 1 aromatic carbocycles. The summed E-state index contributed by atoms with van der Waals surface area (Å²) < 4.78 is 38.2. The minimum absolute atomic E-state index is 0.0555. The maximum absolute atomic E-state index is 13.7. The average molecular weight is 491 g/mol. The number of alkyl halides is 2. The molecule has 1 atom stereocenters. The number of rotatable bonds is 5. The van der Waals surface area contributed by atoms with Crippen molar-refractivity contribution in [2.45, 2.75) is 37.8 Å². The third-order valence-corrected chi connectivity index (χ3v) is 6.72. The van der Waals surface area contributed by atoms with E-state index in [9.17, 15) is 13.6 Å². The number of hydrogen-bond donors (Lipinski definition) is 1. The molecular weight excluding hydrogens is 472 g/mol. The number of nitrogens with one attached hydrogen (secondary N) is 1. The first-order chi connectivity index (χ1) is 17.6. The molecule has 2 aliphatic rings. The van der Waals surface area contributed by atoms with Gasteiger partial charge in [-0.2, -0.15) is 13.9 Å². The molecule has 182 valence electrons. The van der Waals surface area contributed by atoms with Gasteiger partial charge in [-0.15, -0.1) is 10.2 Å². The Morgan fingerprint density at radius 3 is 2.81 bits per heavy atom. The summed E-state index contributed by atoms with van der Waals surface area (Å²) in [6, 6.07) is 8.61. The number of fused-ring (bicyclic) bond motifs is 2. The predicted molar refractivity (Wildman–Crippen MR) is 120 cm³/mol. The summed E-state index contributed by atoms with van der Waals surface area (Å²) in [6.07, 6.45) is 5.41. The second-order valence-corrected chi connectivity index (χ2v) is 8.94. The Morgan fingerprint density at radius 2 is 2.00 bits per heavy atom. The first kappa shape index (κ1) is 21.0. The van der Waals surface area contributed by atoms with Gasteiger partial charge >= 0.3 is 18.3 Å². The van der Waals surface area contributed by atoms with Crippen LogP contribution in [-0.4, -0.2) is 47.3 Å². The van der Waals surface area contributed by atoms with Crippen LogP contribution < -0.4 is 0 Å². The van der Waals surface area contributed by atoms with E-state index in [1.54, 1.807) is 11.2 Å². The van der Waals surface area contributed by atoms with E-state index < -0.39 is 18.5 Å². The largest absolute Gasteiger partial charge is 0.458 e. The van der Waals surface area contributed by atoms with Crippen LogP contribution in [0.2, 0.25) is 0 Å². The van der Waals surface area contributed by atoms with Gasteiger partial charge in [-0.25, -0.2) is 9.67 Å². The molecule has 1 aliphatic heterocycles. The number of amides is 1. The molecule has 0 saturated heterocycles. The van der Waals surface area contributed by atoms with Crippen LogP contribution in [0.3, 0.4) is 0 Å². The number of benzene rings is 1. The smallest absolute Gasteiger partial charge is 0.333 e. The van der Waals surface area contributed by atoms with Crippen molar-refractivity contribution >= 4 is 16.9 Å². The van der Waals surface area contributed by atoms with Gasteiger partial charge in [0, 0.05) is 35.8 Å². The number of imidazole rings is 1. The van der Waals surface area contributed by atoms with E-state index in [4.69, 9.17) is 8.83 Å². The SMILES string of the molecule is O=C(c1nnc(-c2ccn(C(F)F)n2)o1)N1CCc2[nH]cnc2[C@@H]1c1oc2ccccc2c1C1CC1. The Hall–Kier alpha value is -4.35. The molecule has 0 bridgehead atoms. The van der Waals surface area contributed by atoms with E-state index in [-0.39, 0.29) is 17.5 Å². The minimum atomic E-state index is -2.80. The van der Waals surface area contributed by atoms with Crippen LogP contribution in [0.5, 0.6) is 0 Å². The fourth-order valence-electron chi connectivity index (χ4n) is 4.94. The van der Waals surface area contributed by atoms with Crippen molar-refractivity contribution in [3.63, 3.8) is 0 Å². The quantitative estimate of drug-likeness (QED) is 0.385. The van der Waals surface area contributed by atoms with Crippen molar-refractivity contribution in [2.24, 2.45) is 0 Å². The fourth-order valence-corrected chi connectivity index (χ4v) is 4.94. The Balaban J connectivity index is 1.30. The van der Waals surface area contributed by atoms with E-state index in [0.29, 0.717) is 35.0 Å². The summed E-state index contributed by atoms with van der Waals surface area (Å²) >= 11 is 0. The molecule has 1 aliphatic carbocycles. The molecule has 12 heteroatoms. The van der Waals surface area contributed by atoms with Crippen LogP contribution >= 0.6 is 0 Å². The zero-order valence-electron chi connectivity index (χ0n) is 18.8. The van der Waals surface area contributed by atoms with Crippen molar-refractivity contribution < 1.29 is 22.4 Å². The third kappa shape index (κ3) is 3.24. The van der Waals surface area contributed by atoms with Gasteiger partial charge in [0.25, 0.3) is 5.89 Å². The highest BCUT2D eigenvalue weighted by Gasteiger charge is 2.42. The molecule has 10 nitrogen and oxygen atoms in total. The number of carbonyl (C=O) groups is 1. The van der Waals surface area contributed by atoms with E-state index in [0.717, 1.165) is 41.3 Å². The summed E-state index contributed by atoms with van der Waals surface area (Å²) in [4.78, 5) is 23.0. The zero-order chi connectivity index (χ0) is 24.4. The van der Waals surface area contributed by atoms with Gasteiger partial charge in [0.2, 0.25) is 0 Å². The van der Waals surface area contributed by atoms with Crippen LogP contribution in [0.15, 0.2) is 51.7 Å². The normalized spacial score (nSPS) is 17.8. The molecule has 0 spiro atoms. The number of hydrogen-bond acceptors (Lipinski definition) is 7. The molecule has 4 aromatic heterocycles. The molecule has 1 saturated carbocycles. The number of halogens is 2. The highest BCUT2D eigenvalue weighted by molar-refractivity contribution is 5.91. The lowest BCUT2D eigenvalue weighted by Gasteiger charge is -2.33. The summed E-state index contributed by atoms with van der Waals surface area (Å²) in [5.41, 5.74) is 3.58. The molecule has 1 fully saturated rings. The average Bonchev–Trinajstić information content (AvgIpc) is 3.34. The highest BCUT2D eigenvalue weighted by Crippen LogP contribution is 2.50. The minimum Gasteiger partial charge on any atom is -0.458 e. The number of furan rings is 1. The number of H-pyrrole nitrogens is 1. The molecule has 5 aromatic rings. The van der Waals surface area contributed by atoms with Crippen molar-refractivity contribution in [3.05, 3.63) is 71.5 Å². The van der Waals surface area contributed by atoms with Crippen LogP contribution in [0.25, 0.3) is 22.6 Å². The summed E-state index contributed by atoms with van der Waals surface area (Å²) in [7, 11) is 0. The van der Waals surface area contributed by atoms with Gasteiger partial charge in [0.1, 0.15) is 23.1 Å². The summed E-state index contributed by atoms with van der Waals surface area (Å²) in [5.74, 6) is 0.183.